The maximum atomic E-state index is 12.2. The van der Waals surface area contributed by atoms with Crippen LogP contribution in [-0.4, -0.2) is 22.2 Å². The number of amides is 1. The van der Waals surface area contributed by atoms with Crippen LogP contribution in [0.25, 0.3) is 0 Å². The topological polar surface area (TPSA) is 46.9 Å². The molecule has 3 aromatic rings. The van der Waals surface area contributed by atoms with Crippen molar-refractivity contribution >= 4 is 28.6 Å². The van der Waals surface area contributed by atoms with Gasteiger partial charge in [-0.2, -0.15) is 16.4 Å². The summed E-state index contributed by atoms with van der Waals surface area (Å²) in [5, 5.41) is 13.7. The molecule has 3 rings (SSSR count). The SMILES string of the molecule is Cc1cc(C)n(C(CNC(=O)Cc2ccsc2)c2cccs2)n1. The second-order valence-electron chi connectivity index (χ2n) is 5.52. The lowest BCUT2D eigenvalue weighted by Gasteiger charge is -2.19. The van der Waals surface area contributed by atoms with Crippen LogP contribution in [0.4, 0.5) is 0 Å². The molecule has 0 spiro atoms. The monoisotopic (exact) mass is 345 g/mol. The summed E-state index contributed by atoms with van der Waals surface area (Å²) in [5.41, 5.74) is 3.16. The molecule has 1 unspecified atom stereocenters. The normalized spacial score (nSPS) is 12.3. The Morgan fingerprint density at radius 3 is 2.83 bits per heavy atom. The summed E-state index contributed by atoms with van der Waals surface area (Å²) in [6.07, 6.45) is 0.428. The average molecular weight is 345 g/mol. The Hall–Kier alpha value is -1.92. The van der Waals surface area contributed by atoms with Crippen LogP contribution in [0.3, 0.4) is 0 Å². The van der Waals surface area contributed by atoms with Gasteiger partial charge in [0.05, 0.1) is 12.1 Å². The van der Waals surface area contributed by atoms with Gasteiger partial charge >= 0.3 is 0 Å². The molecular formula is C17H19N3OS2. The van der Waals surface area contributed by atoms with Crippen LogP contribution in [-0.2, 0) is 11.2 Å². The molecular weight excluding hydrogens is 326 g/mol. The number of aryl methyl sites for hydroxylation is 2. The van der Waals surface area contributed by atoms with Crippen LogP contribution < -0.4 is 5.32 Å². The third-order valence-corrected chi connectivity index (χ3v) is 5.35. The molecule has 0 aliphatic rings. The fourth-order valence-corrected chi connectivity index (χ4v) is 4.08. The van der Waals surface area contributed by atoms with Crippen molar-refractivity contribution in [3.8, 4) is 0 Å². The summed E-state index contributed by atoms with van der Waals surface area (Å²) in [6.45, 7) is 4.59. The highest BCUT2D eigenvalue weighted by molar-refractivity contribution is 7.10. The van der Waals surface area contributed by atoms with E-state index in [1.807, 2.05) is 41.4 Å². The Labute approximate surface area is 143 Å². The molecule has 0 saturated heterocycles. The van der Waals surface area contributed by atoms with E-state index in [4.69, 9.17) is 0 Å². The van der Waals surface area contributed by atoms with E-state index in [-0.39, 0.29) is 11.9 Å². The van der Waals surface area contributed by atoms with Gasteiger partial charge in [-0.3, -0.25) is 9.48 Å². The third-order valence-electron chi connectivity index (χ3n) is 3.65. The van der Waals surface area contributed by atoms with E-state index in [2.05, 4.69) is 27.9 Å². The number of nitrogens with zero attached hydrogens (tertiary/aromatic N) is 2. The molecule has 0 saturated carbocycles. The highest BCUT2D eigenvalue weighted by atomic mass is 32.1. The van der Waals surface area contributed by atoms with Crippen LogP contribution in [0.5, 0.6) is 0 Å². The van der Waals surface area contributed by atoms with Crippen molar-refractivity contribution in [2.45, 2.75) is 26.3 Å². The predicted molar refractivity (Wildman–Crippen MR) is 95.2 cm³/mol. The Balaban J connectivity index is 1.72. The molecule has 6 heteroatoms. The standard InChI is InChI=1S/C17H19N3OS2/c1-12-8-13(2)20(19-12)15(16-4-3-6-23-16)10-18-17(21)9-14-5-7-22-11-14/h3-8,11,15H,9-10H2,1-2H3,(H,18,21). The molecule has 120 valence electrons. The summed E-state index contributed by atoms with van der Waals surface area (Å²) in [5.74, 6) is 0.0477. The first-order chi connectivity index (χ1) is 11.1. The quantitative estimate of drug-likeness (QED) is 0.742. The highest BCUT2D eigenvalue weighted by Crippen LogP contribution is 2.24. The maximum absolute atomic E-state index is 12.2. The average Bonchev–Trinajstić information content (AvgIpc) is 3.23. The van der Waals surface area contributed by atoms with Crippen LogP contribution in [0, 0.1) is 13.8 Å². The molecule has 0 fully saturated rings. The minimum atomic E-state index is 0.0372. The number of hydrogen-bond acceptors (Lipinski definition) is 4. The fourth-order valence-electron chi connectivity index (χ4n) is 2.60. The molecule has 1 amide bonds. The highest BCUT2D eigenvalue weighted by Gasteiger charge is 2.19. The van der Waals surface area contributed by atoms with Gasteiger partial charge in [0.2, 0.25) is 5.91 Å². The van der Waals surface area contributed by atoms with Gasteiger partial charge in [0.25, 0.3) is 0 Å². The zero-order chi connectivity index (χ0) is 16.2. The van der Waals surface area contributed by atoms with Crippen LogP contribution in [0.2, 0.25) is 0 Å². The first kappa shape index (κ1) is 16.0. The number of aromatic nitrogens is 2. The Morgan fingerprint density at radius 1 is 1.35 bits per heavy atom. The van der Waals surface area contributed by atoms with E-state index < -0.39 is 0 Å². The lowest BCUT2D eigenvalue weighted by atomic mass is 10.2. The third kappa shape index (κ3) is 3.89. The number of nitrogens with one attached hydrogen (secondary N) is 1. The summed E-state index contributed by atoms with van der Waals surface area (Å²) in [4.78, 5) is 13.4. The van der Waals surface area contributed by atoms with Gasteiger partial charge in [0.1, 0.15) is 6.04 Å². The van der Waals surface area contributed by atoms with Gasteiger partial charge in [0.15, 0.2) is 0 Å². The molecule has 3 heterocycles. The second-order valence-corrected chi connectivity index (χ2v) is 7.27. The summed E-state index contributed by atoms with van der Waals surface area (Å²) >= 11 is 3.30. The molecule has 0 aliphatic heterocycles. The number of thiophene rings is 2. The van der Waals surface area contributed by atoms with Crippen molar-refractivity contribution in [2.24, 2.45) is 0 Å². The Kier molecular flexibility index (Phi) is 4.93. The summed E-state index contributed by atoms with van der Waals surface area (Å²) in [7, 11) is 0. The van der Waals surface area contributed by atoms with Crippen molar-refractivity contribution < 1.29 is 4.79 Å². The van der Waals surface area contributed by atoms with E-state index in [0.29, 0.717) is 13.0 Å². The van der Waals surface area contributed by atoms with Gasteiger partial charge in [-0.1, -0.05) is 6.07 Å². The van der Waals surface area contributed by atoms with Gasteiger partial charge in [-0.25, -0.2) is 0 Å². The molecule has 23 heavy (non-hydrogen) atoms. The molecule has 0 radical (unpaired) electrons. The fraction of sp³-hybridized carbons (Fsp3) is 0.294. The first-order valence-electron chi connectivity index (χ1n) is 7.47. The molecule has 3 aromatic heterocycles. The summed E-state index contributed by atoms with van der Waals surface area (Å²) in [6, 6.07) is 8.22. The summed E-state index contributed by atoms with van der Waals surface area (Å²) < 4.78 is 2.01. The minimum Gasteiger partial charge on any atom is -0.353 e. The van der Waals surface area contributed by atoms with E-state index in [1.54, 1.807) is 22.7 Å². The van der Waals surface area contributed by atoms with Crippen molar-refractivity contribution in [1.29, 1.82) is 0 Å². The van der Waals surface area contributed by atoms with Crippen LogP contribution in [0.1, 0.15) is 27.9 Å². The first-order valence-corrected chi connectivity index (χ1v) is 9.29. The van der Waals surface area contributed by atoms with Gasteiger partial charge in [0, 0.05) is 17.1 Å². The van der Waals surface area contributed by atoms with E-state index >= 15 is 0 Å². The lowest BCUT2D eigenvalue weighted by Crippen LogP contribution is -2.32. The van der Waals surface area contributed by atoms with Gasteiger partial charge in [-0.05, 0) is 53.8 Å². The van der Waals surface area contributed by atoms with E-state index in [9.17, 15) is 4.79 Å². The maximum Gasteiger partial charge on any atom is 0.224 e. The molecule has 4 nitrogen and oxygen atoms in total. The number of hydrogen-bond donors (Lipinski definition) is 1. The van der Waals surface area contributed by atoms with Crippen molar-refractivity contribution in [3.63, 3.8) is 0 Å². The van der Waals surface area contributed by atoms with Crippen molar-refractivity contribution in [2.75, 3.05) is 6.54 Å². The zero-order valence-corrected chi connectivity index (χ0v) is 14.8. The van der Waals surface area contributed by atoms with Crippen molar-refractivity contribution in [1.82, 2.24) is 15.1 Å². The Morgan fingerprint density at radius 2 is 2.22 bits per heavy atom. The minimum absolute atomic E-state index is 0.0372. The van der Waals surface area contributed by atoms with Gasteiger partial charge in [-0.15, -0.1) is 11.3 Å². The molecule has 0 aliphatic carbocycles. The van der Waals surface area contributed by atoms with Crippen LogP contribution >= 0.6 is 22.7 Å². The Bertz CT molecular complexity index is 760. The van der Waals surface area contributed by atoms with Crippen LogP contribution in [0.15, 0.2) is 40.4 Å². The smallest absolute Gasteiger partial charge is 0.224 e. The van der Waals surface area contributed by atoms with Crippen molar-refractivity contribution in [3.05, 3.63) is 62.2 Å². The number of carbonyl (C=O) groups is 1. The lowest BCUT2D eigenvalue weighted by molar-refractivity contribution is -0.120. The molecule has 0 bridgehead atoms. The predicted octanol–water partition coefficient (Wildman–Crippen LogP) is 3.57. The van der Waals surface area contributed by atoms with E-state index in [0.717, 1.165) is 17.0 Å². The van der Waals surface area contributed by atoms with Gasteiger partial charge < -0.3 is 5.32 Å². The molecule has 0 aromatic carbocycles. The number of rotatable bonds is 6. The van der Waals surface area contributed by atoms with E-state index in [1.165, 1.54) is 4.88 Å². The number of carbonyl (C=O) groups excluding carboxylic acids is 1. The largest absolute Gasteiger partial charge is 0.353 e. The molecule has 1 atom stereocenters. The second kappa shape index (κ2) is 7.10. The zero-order valence-electron chi connectivity index (χ0n) is 13.2. The molecule has 1 N–H and O–H groups in total.